The number of aliphatic carboxylic acids is 1. The molecule has 0 saturated carbocycles. The molecule has 1 aromatic carbocycles. The van der Waals surface area contributed by atoms with Gasteiger partial charge in [0.1, 0.15) is 5.82 Å². The Hall–Kier alpha value is -1.56. The molecule has 6 heteroatoms. The number of carboxylic acids is 1. The van der Waals surface area contributed by atoms with Gasteiger partial charge in [0, 0.05) is 10.9 Å². The topological polar surface area (TPSA) is 66.4 Å². The van der Waals surface area contributed by atoms with E-state index in [9.17, 15) is 14.0 Å². The summed E-state index contributed by atoms with van der Waals surface area (Å²) in [5.41, 5.74) is -0.339. The molecule has 116 valence electrons. The summed E-state index contributed by atoms with van der Waals surface area (Å²) in [6, 6.07) is 5.44. The molecule has 1 amide bonds. The molecule has 1 atom stereocenters. The number of hydrogen-bond donors (Lipinski definition) is 2. The standard InChI is InChI=1S/C15H20FNO3S/c1-15(2,3)12(8-14(19)20)17-13(18)9-21-11-6-4-10(16)5-7-11/h4-7,12H,8-9H2,1-3H3,(H,17,18)(H,19,20). The number of carbonyl (C=O) groups excluding carboxylic acids is 1. The van der Waals surface area contributed by atoms with Crippen molar-refractivity contribution < 1.29 is 19.1 Å². The van der Waals surface area contributed by atoms with E-state index in [1.54, 1.807) is 12.1 Å². The lowest BCUT2D eigenvalue weighted by molar-refractivity contribution is -0.138. The molecule has 0 heterocycles. The Bertz CT molecular complexity index is 497. The Morgan fingerprint density at radius 1 is 1.29 bits per heavy atom. The number of rotatable bonds is 6. The van der Waals surface area contributed by atoms with Crippen LogP contribution in [-0.4, -0.2) is 28.8 Å². The number of nitrogens with one attached hydrogen (secondary N) is 1. The highest BCUT2D eigenvalue weighted by Crippen LogP contribution is 2.23. The zero-order valence-corrected chi connectivity index (χ0v) is 13.2. The Morgan fingerprint density at radius 3 is 2.33 bits per heavy atom. The lowest BCUT2D eigenvalue weighted by Crippen LogP contribution is -2.45. The Morgan fingerprint density at radius 2 is 1.86 bits per heavy atom. The van der Waals surface area contributed by atoms with E-state index >= 15 is 0 Å². The van der Waals surface area contributed by atoms with E-state index in [0.717, 1.165) is 4.90 Å². The molecule has 0 aliphatic heterocycles. The summed E-state index contributed by atoms with van der Waals surface area (Å²) in [5.74, 6) is -1.33. The molecular weight excluding hydrogens is 293 g/mol. The normalized spacial score (nSPS) is 12.8. The van der Waals surface area contributed by atoms with E-state index in [0.29, 0.717) is 0 Å². The quantitative estimate of drug-likeness (QED) is 0.793. The Kier molecular flexibility index (Phi) is 6.20. The first kappa shape index (κ1) is 17.5. The number of carboxylic acid groups (broad SMARTS) is 1. The van der Waals surface area contributed by atoms with Crippen LogP contribution in [0.4, 0.5) is 4.39 Å². The van der Waals surface area contributed by atoms with Crippen molar-refractivity contribution in [3.8, 4) is 0 Å². The van der Waals surface area contributed by atoms with Crippen LogP contribution >= 0.6 is 11.8 Å². The van der Waals surface area contributed by atoms with Crippen molar-refractivity contribution in [3.63, 3.8) is 0 Å². The van der Waals surface area contributed by atoms with Crippen LogP contribution in [-0.2, 0) is 9.59 Å². The third-order valence-electron chi connectivity index (χ3n) is 2.94. The van der Waals surface area contributed by atoms with Crippen molar-refractivity contribution in [1.82, 2.24) is 5.32 Å². The number of halogens is 1. The van der Waals surface area contributed by atoms with Crippen LogP contribution in [0.3, 0.4) is 0 Å². The highest BCUT2D eigenvalue weighted by molar-refractivity contribution is 8.00. The van der Waals surface area contributed by atoms with Gasteiger partial charge in [0.2, 0.25) is 5.91 Å². The molecule has 2 N–H and O–H groups in total. The molecule has 0 bridgehead atoms. The fourth-order valence-electron chi connectivity index (χ4n) is 1.66. The molecule has 0 aromatic heterocycles. The second-order valence-corrected chi connectivity index (χ2v) is 6.88. The number of hydrogen-bond acceptors (Lipinski definition) is 3. The number of carbonyl (C=O) groups is 2. The monoisotopic (exact) mass is 313 g/mol. The average molecular weight is 313 g/mol. The maximum Gasteiger partial charge on any atom is 0.305 e. The summed E-state index contributed by atoms with van der Waals surface area (Å²) in [6.07, 6.45) is -0.115. The van der Waals surface area contributed by atoms with Crippen molar-refractivity contribution in [2.24, 2.45) is 5.41 Å². The van der Waals surface area contributed by atoms with E-state index in [-0.39, 0.29) is 29.3 Å². The zero-order chi connectivity index (χ0) is 16.0. The molecule has 1 unspecified atom stereocenters. The highest BCUT2D eigenvalue weighted by Gasteiger charge is 2.28. The average Bonchev–Trinajstić information content (AvgIpc) is 2.36. The summed E-state index contributed by atoms with van der Waals surface area (Å²) < 4.78 is 12.8. The van der Waals surface area contributed by atoms with Crippen molar-refractivity contribution in [2.45, 2.75) is 38.1 Å². The van der Waals surface area contributed by atoms with Crippen LogP contribution in [0.5, 0.6) is 0 Å². The van der Waals surface area contributed by atoms with E-state index in [1.165, 1.54) is 23.9 Å². The Labute approximate surface area is 128 Å². The van der Waals surface area contributed by atoms with Crippen LogP contribution in [0.1, 0.15) is 27.2 Å². The van der Waals surface area contributed by atoms with Gasteiger partial charge >= 0.3 is 5.97 Å². The Balaban J connectivity index is 2.54. The number of benzene rings is 1. The molecule has 0 aliphatic carbocycles. The maximum absolute atomic E-state index is 12.8. The molecule has 0 saturated heterocycles. The van der Waals surface area contributed by atoms with Crippen molar-refractivity contribution in [1.29, 1.82) is 0 Å². The maximum atomic E-state index is 12.8. The largest absolute Gasteiger partial charge is 0.481 e. The van der Waals surface area contributed by atoms with Crippen molar-refractivity contribution in [2.75, 3.05) is 5.75 Å². The van der Waals surface area contributed by atoms with Gasteiger partial charge in [0.15, 0.2) is 0 Å². The van der Waals surface area contributed by atoms with Crippen LogP contribution in [0.25, 0.3) is 0 Å². The third-order valence-corrected chi connectivity index (χ3v) is 3.95. The van der Waals surface area contributed by atoms with Gasteiger partial charge < -0.3 is 10.4 Å². The van der Waals surface area contributed by atoms with Gasteiger partial charge in [-0.15, -0.1) is 11.8 Å². The molecule has 21 heavy (non-hydrogen) atoms. The predicted octanol–water partition coefficient (Wildman–Crippen LogP) is 2.92. The van der Waals surface area contributed by atoms with Gasteiger partial charge in [-0.05, 0) is 29.7 Å². The first-order valence-electron chi connectivity index (χ1n) is 6.58. The minimum Gasteiger partial charge on any atom is -0.481 e. The van der Waals surface area contributed by atoms with E-state index in [2.05, 4.69) is 5.32 Å². The van der Waals surface area contributed by atoms with E-state index in [1.807, 2.05) is 20.8 Å². The van der Waals surface area contributed by atoms with Crippen LogP contribution < -0.4 is 5.32 Å². The zero-order valence-electron chi connectivity index (χ0n) is 12.4. The SMILES string of the molecule is CC(C)(C)C(CC(=O)O)NC(=O)CSc1ccc(F)cc1. The highest BCUT2D eigenvalue weighted by atomic mass is 32.2. The third kappa shape index (κ3) is 6.62. The number of thioether (sulfide) groups is 1. The van der Waals surface area contributed by atoms with Crippen molar-refractivity contribution >= 4 is 23.6 Å². The summed E-state index contributed by atoms with van der Waals surface area (Å²) >= 11 is 1.28. The van der Waals surface area contributed by atoms with Gasteiger partial charge in [0.05, 0.1) is 12.2 Å². The molecule has 4 nitrogen and oxygen atoms in total. The minimum absolute atomic E-state index is 0.115. The van der Waals surface area contributed by atoms with Gasteiger partial charge in [-0.1, -0.05) is 20.8 Å². The molecule has 1 rings (SSSR count). The molecule has 0 spiro atoms. The van der Waals surface area contributed by atoms with Gasteiger partial charge in [-0.3, -0.25) is 9.59 Å². The van der Waals surface area contributed by atoms with Gasteiger partial charge in [-0.25, -0.2) is 4.39 Å². The smallest absolute Gasteiger partial charge is 0.305 e. The summed E-state index contributed by atoms with van der Waals surface area (Å²) in [5, 5.41) is 11.7. The fourth-order valence-corrected chi connectivity index (χ4v) is 2.37. The van der Waals surface area contributed by atoms with Gasteiger partial charge in [0.25, 0.3) is 0 Å². The van der Waals surface area contributed by atoms with Crippen molar-refractivity contribution in [3.05, 3.63) is 30.1 Å². The second-order valence-electron chi connectivity index (χ2n) is 5.83. The van der Waals surface area contributed by atoms with E-state index < -0.39 is 12.0 Å². The summed E-state index contributed by atoms with van der Waals surface area (Å²) in [4.78, 5) is 23.6. The van der Waals surface area contributed by atoms with Crippen LogP contribution in [0, 0.1) is 11.2 Å². The first-order valence-corrected chi connectivity index (χ1v) is 7.56. The molecule has 0 aliphatic rings. The summed E-state index contributed by atoms with van der Waals surface area (Å²) in [7, 11) is 0. The first-order chi connectivity index (χ1) is 9.68. The second kappa shape index (κ2) is 7.45. The molecule has 0 radical (unpaired) electrons. The molecule has 1 aromatic rings. The fraction of sp³-hybridized carbons (Fsp3) is 0.467. The lowest BCUT2D eigenvalue weighted by Gasteiger charge is -2.30. The molecular formula is C15H20FNO3S. The van der Waals surface area contributed by atoms with Crippen LogP contribution in [0.2, 0.25) is 0 Å². The number of amides is 1. The minimum atomic E-state index is -0.943. The van der Waals surface area contributed by atoms with Crippen LogP contribution in [0.15, 0.2) is 29.2 Å². The predicted molar refractivity (Wildman–Crippen MR) is 80.8 cm³/mol. The lowest BCUT2D eigenvalue weighted by atomic mass is 9.85. The van der Waals surface area contributed by atoms with E-state index in [4.69, 9.17) is 5.11 Å². The summed E-state index contributed by atoms with van der Waals surface area (Å²) in [6.45, 7) is 5.65. The van der Waals surface area contributed by atoms with Gasteiger partial charge in [-0.2, -0.15) is 0 Å². The molecule has 0 fully saturated rings.